The van der Waals surface area contributed by atoms with Crippen LogP contribution >= 0.6 is 35.3 Å². The molecule has 0 aliphatic carbocycles. The number of carbonyl (C=O) groups excluding carboxylic acids is 4. The van der Waals surface area contributed by atoms with Crippen molar-refractivity contribution in [3.05, 3.63) is 17.5 Å². The first-order valence-electron chi connectivity index (χ1n) is 21.7. The maximum absolute atomic E-state index is 13.1. The maximum Gasteiger partial charge on any atom is 0.303 e. The molecule has 0 bridgehead atoms. The zero-order valence-electron chi connectivity index (χ0n) is 38.2. The highest BCUT2D eigenvalue weighted by Gasteiger charge is 2.34. The van der Waals surface area contributed by atoms with E-state index >= 15 is 0 Å². The van der Waals surface area contributed by atoms with Crippen LogP contribution in [-0.4, -0.2) is 179 Å². The minimum atomic E-state index is -1.26. The average Bonchev–Trinajstić information content (AvgIpc) is 3.27. The number of nitrogens with zero attached hydrogens (tertiary/aromatic N) is 9. The predicted molar refractivity (Wildman–Crippen MR) is 262 cm³/mol. The van der Waals surface area contributed by atoms with Crippen molar-refractivity contribution >= 4 is 101 Å². The van der Waals surface area contributed by atoms with E-state index in [4.69, 9.17) is 48.6 Å². The molecule has 4 amide bonds. The molecule has 0 radical (unpaired) electrons. The Morgan fingerprint density at radius 1 is 0.464 bits per heavy atom. The molecule has 0 aromatic carbocycles. The number of nitrogens with one attached hydrogen (secondary N) is 4. The van der Waals surface area contributed by atoms with Crippen molar-refractivity contribution in [1.29, 1.82) is 0 Å². The SMILES string of the molecule is Nc1nc(N)nc(CCSCC(=O)NCCCOCC(COCCCNC(=O)CSCCc2nc(N)nc(N)n2)(COCCCNC(=O)CSCCc2nc(N)nc(N)n2)NC(=O)CCC(=O)O)n1. The van der Waals surface area contributed by atoms with Crippen LogP contribution in [0.4, 0.5) is 35.7 Å². The third-order valence-corrected chi connectivity index (χ3v) is 11.6. The Hall–Kier alpha value is -5.89. The second-order valence-corrected chi connectivity index (χ2v) is 18.1. The molecule has 382 valence electrons. The van der Waals surface area contributed by atoms with Gasteiger partial charge in [0.15, 0.2) is 0 Å². The van der Waals surface area contributed by atoms with Crippen molar-refractivity contribution in [2.24, 2.45) is 0 Å². The number of anilines is 6. The summed E-state index contributed by atoms with van der Waals surface area (Å²) < 4.78 is 18.0. The molecule has 0 aliphatic rings. The number of carboxylic acid groups (broad SMARTS) is 1. The largest absolute Gasteiger partial charge is 0.481 e. The van der Waals surface area contributed by atoms with Crippen molar-refractivity contribution in [3.8, 4) is 0 Å². The number of aryl methyl sites for hydroxylation is 3. The van der Waals surface area contributed by atoms with Crippen molar-refractivity contribution in [2.45, 2.75) is 56.9 Å². The van der Waals surface area contributed by atoms with Gasteiger partial charge >= 0.3 is 5.97 Å². The smallest absolute Gasteiger partial charge is 0.303 e. The summed E-state index contributed by atoms with van der Waals surface area (Å²) in [4.78, 5) is 97.1. The van der Waals surface area contributed by atoms with Gasteiger partial charge in [-0.25, -0.2) is 0 Å². The number of hydrogen-bond donors (Lipinski definition) is 11. The summed E-state index contributed by atoms with van der Waals surface area (Å²) in [5.74, 6) is 1.54. The average molecular weight is 1030 g/mol. The van der Waals surface area contributed by atoms with Gasteiger partial charge in [-0.1, -0.05) is 0 Å². The number of carboxylic acids is 1. The van der Waals surface area contributed by atoms with Crippen LogP contribution in [0.1, 0.15) is 49.6 Å². The Kier molecular flexibility index (Phi) is 27.3. The van der Waals surface area contributed by atoms with Crippen LogP contribution in [0.2, 0.25) is 0 Å². The lowest BCUT2D eigenvalue weighted by Crippen LogP contribution is -2.58. The molecule has 28 nitrogen and oxygen atoms in total. The molecule has 3 heterocycles. The van der Waals surface area contributed by atoms with E-state index in [2.05, 4.69) is 66.1 Å². The lowest BCUT2D eigenvalue weighted by atomic mass is 10.0. The number of carbonyl (C=O) groups is 5. The Morgan fingerprint density at radius 2 is 0.768 bits per heavy atom. The number of hydrogen-bond acceptors (Lipinski definition) is 26. The van der Waals surface area contributed by atoms with Gasteiger partial charge in [-0.2, -0.15) is 80.1 Å². The summed E-state index contributed by atoms with van der Waals surface area (Å²) in [6.07, 6.45) is 1.95. The fourth-order valence-electron chi connectivity index (χ4n) is 5.66. The van der Waals surface area contributed by atoms with E-state index in [-0.39, 0.29) is 117 Å². The molecule has 0 saturated heterocycles. The normalized spacial score (nSPS) is 11.2. The second kappa shape index (κ2) is 32.8. The van der Waals surface area contributed by atoms with Crippen LogP contribution in [0.25, 0.3) is 0 Å². The van der Waals surface area contributed by atoms with Gasteiger partial charge in [0.05, 0.1) is 43.5 Å². The highest BCUT2D eigenvalue weighted by molar-refractivity contribution is 8.00. The van der Waals surface area contributed by atoms with Gasteiger partial charge in [0.25, 0.3) is 0 Å². The Labute approximate surface area is 411 Å². The van der Waals surface area contributed by atoms with Crippen LogP contribution in [0, 0.1) is 0 Å². The first-order chi connectivity index (χ1) is 33.1. The topological polar surface area (TPSA) is 454 Å². The summed E-state index contributed by atoms with van der Waals surface area (Å²) in [7, 11) is 0. The van der Waals surface area contributed by atoms with E-state index in [0.29, 0.717) is 92.9 Å². The predicted octanol–water partition coefficient (Wildman–Crippen LogP) is -2.75. The van der Waals surface area contributed by atoms with Gasteiger partial charge in [0, 0.05) is 82.4 Å². The number of aliphatic carboxylic acids is 1. The van der Waals surface area contributed by atoms with Gasteiger partial charge in [0.2, 0.25) is 59.3 Å². The number of nitrogens with two attached hydrogens (primary N) is 6. The fraction of sp³-hybridized carbons (Fsp3) is 0.632. The molecular formula is C38H63N19O9S3. The highest BCUT2D eigenvalue weighted by atomic mass is 32.2. The first-order valence-corrected chi connectivity index (χ1v) is 25.1. The van der Waals surface area contributed by atoms with Crippen LogP contribution in [-0.2, 0) is 57.4 Å². The monoisotopic (exact) mass is 1030 g/mol. The van der Waals surface area contributed by atoms with E-state index in [1.165, 1.54) is 35.3 Å². The number of amides is 4. The van der Waals surface area contributed by atoms with Crippen molar-refractivity contribution in [2.75, 3.05) is 128 Å². The number of nitrogen functional groups attached to an aromatic ring is 6. The standard InChI is InChI=1S/C38H63N19O9S3/c39-32-48-24(49-33(40)54-32)6-15-67-18-28(59)45-9-1-12-64-21-38(57-27(58)4-5-31(62)63,22-65-13-2-10-46-29(60)19-68-16-7-25-50-34(41)55-35(42)51-25)23-66-14-3-11-47-30(61)20-69-17-8-26-52-36(43)56-37(44)53-26/h1-23H2,(H,45,59)(H,46,60)(H,47,61)(H,57,58)(H,62,63)(H4,39,40,48,49,54)(H4,41,42,50,51,55)(H4,43,44,52,53,56). The van der Waals surface area contributed by atoms with Crippen molar-refractivity contribution < 1.29 is 43.3 Å². The molecule has 3 aromatic heterocycles. The molecule has 0 unspecified atom stereocenters. The van der Waals surface area contributed by atoms with Crippen LogP contribution < -0.4 is 55.7 Å². The van der Waals surface area contributed by atoms with Gasteiger partial charge in [-0.05, 0) is 19.3 Å². The van der Waals surface area contributed by atoms with E-state index in [9.17, 15) is 29.1 Å². The Morgan fingerprint density at radius 3 is 1.06 bits per heavy atom. The van der Waals surface area contributed by atoms with Crippen molar-refractivity contribution in [3.63, 3.8) is 0 Å². The van der Waals surface area contributed by atoms with Gasteiger partial charge in [0.1, 0.15) is 23.0 Å². The summed E-state index contributed by atoms with van der Waals surface area (Å²) in [5.41, 5.74) is 32.4. The van der Waals surface area contributed by atoms with E-state index in [0.717, 1.165) is 0 Å². The maximum atomic E-state index is 13.1. The molecule has 3 aromatic rings. The zero-order chi connectivity index (χ0) is 50.3. The summed E-state index contributed by atoms with van der Waals surface area (Å²) in [5, 5.41) is 20.6. The molecule has 0 atom stereocenters. The van der Waals surface area contributed by atoms with Crippen LogP contribution in [0.15, 0.2) is 0 Å². The summed E-state index contributed by atoms with van der Waals surface area (Å²) in [6.45, 7) is 1.24. The number of aromatic nitrogens is 9. The number of thioether (sulfide) groups is 3. The Balaban J connectivity index is 1.47. The zero-order valence-corrected chi connectivity index (χ0v) is 40.6. The lowest BCUT2D eigenvalue weighted by Gasteiger charge is -2.34. The first kappa shape index (κ1) is 57.4. The quantitative estimate of drug-likeness (QED) is 0.0261. The van der Waals surface area contributed by atoms with Crippen LogP contribution in [0.3, 0.4) is 0 Å². The van der Waals surface area contributed by atoms with Crippen LogP contribution in [0.5, 0.6) is 0 Å². The molecule has 17 N–H and O–H groups in total. The molecule has 3 rings (SSSR count). The second-order valence-electron chi connectivity index (χ2n) is 14.8. The summed E-state index contributed by atoms with van der Waals surface area (Å²) >= 11 is 4.17. The highest BCUT2D eigenvalue weighted by Crippen LogP contribution is 2.13. The van der Waals surface area contributed by atoms with Crippen molar-refractivity contribution in [1.82, 2.24) is 66.1 Å². The van der Waals surface area contributed by atoms with E-state index < -0.39 is 23.8 Å². The molecule has 0 saturated carbocycles. The molecule has 0 aliphatic heterocycles. The molecular weight excluding hydrogens is 963 g/mol. The Bertz CT molecular complexity index is 1820. The van der Waals surface area contributed by atoms with E-state index in [1.54, 1.807) is 0 Å². The molecule has 0 spiro atoms. The van der Waals surface area contributed by atoms with Gasteiger partial charge < -0.3 is 75.0 Å². The number of rotatable bonds is 37. The van der Waals surface area contributed by atoms with Gasteiger partial charge in [-0.3, -0.25) is 24.0 Å². The summed E-state index contributed by atoms with van der Waals surface area (Å²) in [6, 6.07) is 0. The lowest BCUT2D eigenvalue weighted by molar-refractivity contribution is -0.139. The minimum absolute atomic E-state index is 0.0310. The molecule has 31 heteroatoms. The molecule has 0 fully saturated rings. The molecule has 69 heavy (non-hydrogen) atoms. The fourth-order valence-corrected chi connectivity index (χ4v) is 7.94. The van der Waals surface area contributed by atoms with E-state index in [1.807, 2.05) is 0 Å². The third-order valence-electron chi connectivity index (χ3n) is 8.73. The van der Waals surface area contributed by atoms with Gasteiger partial charge in [-0.15, -0.1) is 0 Å². The number of ether oxygens (including phenoxy) is 3. The third kappa shape index (κ3) is 27.0. The minimum Gasteiger partial charge on any atom is -0.481 e.